The van der Waals surface area contributed by atoms with Crippen LogP contribution in [0.3, 0.4) is 0 Å². The normalized spacial score (nSPS) is 32.1. The van der Waals surface area contributed by atoms with Gasteiger partial charge in [0, 0.05) is 5.54 Å². The standard InChI is InChI=1S/C26H44N4O4/c27-9-5-4-8-21(24(32)33)28-25(34)29-22(13-17-6-2-1-3-7-17)23(31)30-26-14-18-10-19(15-26)12-20(11-18)16-26/h17-22H,1-16,27H2,(H,30,31)(H,32,33)(H2,28,29,34)/t18?,19?,20?,21?,22-,26?/m1/s1. The van der Waals surface area contributed by atoms with E-state index in [9.17, 15) is 19.5 Å². The fourth-order valence-electron chi connectivity index (χ4n) is 7.71. The van der Waals surface area contributed by atoms with Crippen LogP contribution in [0.25, 0.3) is 0 Å². The molecule has 8 heteroatoms. The van der Waals surface area contributed by atoms with Gasteiger partial charge in [0.1, 0.15) is 12.1 Å². The zero-order valence-corrected chi connectivity index (χ0v) is 20.5. The van der Waals surface area contributed by atoms with Crippen molar-refractivity contribution in [2.24, 2.45) is 29.4 Å². The number of nitrogens with two attached hydrogens (primary N) is 1. The van der Waals surface area contributed by atoms with Crippen molar-refractivity contribution >= 4 is 17.9 Å². The number of urea groups is 1. The summed E-state index contributed by atoms with van der Waals surface area (Å²) in [5, 5.41) is 18.4. The minimum atomic E-state index is -1.06. The summed E-state index contributed by atoms with van der Waals surface area (Å²) in [6, 6.07) is -2.18. The maximum atomic E-state index is 13.6. The molecular formula is C26H44N4O4. The van der Waals surface area contributed by atoms with Crippen LogP contribution < -0.4 is 21.7 Å². The van der Waals surface area contributed by atoms with Gasteiger partial charge in [0.05, 0.1) is 0 Å². The highest BCUT2D eigenvalue weighted by Gasteiger charge is 2.52. The van der Waals surface area contributed by atoms with Crippen molar-refractivity contribution in [2.75, 3.05) is 6.54 Å². The van der Waals surface area contributed by atoms with Gasteiger partial charge in [-0.1, -0.05) is 32.1 Å². The second kappa shape index (κ2) is 11.3. The Morgan fingerprint density at radius 2 is 1.47 bits per heavy atom. The summed E-state index contributed by atoms with van der Waals surface area (Å²) in [4.78, 5) is 38.0. The number of nitrogens with one attached hydrogen (secondary N) is 3. The van der Waals surface area contributed by atoms with E-state index in [1.165, 1.54) is 38.5 Å². The first-order chi connectivity index (χ1) is 16.4. The third-order valence-electron chi connectivity index (χ3n) is 8.89. The monoisotopic (exact) mass is 476 g/mol. The van der Waals surface area contributed by atoms with Crippen LogP contribution in [-0.2, 0) is 9.59 Å². The number of carbonyl (C=O) groups is 3. The van der Waals surface area contributed by atoms with Gasteiger partial charge in [-0.25, -0.2) is 9.59 Å². The molecule has 3 amide bonds. The molecule has 34 heavy (non-hydrogen) atoms. The van der Waals surface area contributed by atoms with Crippen molar-refractivity contribution in [3.05, 3.63) is 0 Å². The molecule has 8 nitrogen and oxygen atoms in total. The highest BCUT2D eigenvalue weighted by Crippen LogP contribution is 2.55. The number of unbranched alkanes of at least 4 members (excludes halogenated alkanes) is 1. The Morgan fingerprint density at radius 1 is 0.882 bits per heavy atom. The molecule has 2 atom stereocenters. The summed E-state index contributed by atoms with van der Waals surface area (Å²) in [7, 11) is 0. The predicted octanol–water partition coefficient (Wildman–Crippen LogP) is 3.29. The minimum Gasteiger partial charge on any atom is -0.480 e. The molecular weight excluding hydrogens is 432 g/mol. The molecule has 5 aliphatic rings. The Kier molecular flexibility index (Phi) is 8.38. The number of amides is 3. The van der Waals surface area contributed by atoms with Crippen LogP contribution in [0, 0.1) is 23.7 Å². The SMILES string of the molecule is NCCCCC(NC(=O)N[C@H](CC1CCCCC1)C(=O)NC12CC3CC(CC(C3)C1)C2)C(=O)O. The summed E-state index contributed by atoms with van der Waals surface area (Å²) >= 11 is 0. The summed E-state index contributed by atoms with van der Waals surface area (Å²) in [5.74, 6) is 1.45. The number of rotatable bonds is 11. The molecule has 0 aromatic rings. The van der Waals surface area contributed by atoms with E-state index in [1.54, 1.807) is 0 Å². The van der Waals surface area contributed by atoms with E-state index in [-0.39, 0.29) is 11.4 Å². The summed E-state index contributed by atoms with van der Waals surface area (Å²) in [6.07, 6.45) is 15.1. The fourth-order valence-corrected chi connectivity index (χ4v) is 7.71. The largest absolute Gasteiger partial charge is 0.480 e. The molecule has 0 spiro atoms. The highest BCUT2D eigenvalue weighted by atomic mass is 16.4. The zero-order chi connectivity index (χ0) is 24.1. The number of carbonyl (C=O) groups excluding carboxylic acids is 2. The van der Waals surface area contributed by atoms with E-state index in [0.29, 0.717) is 38.1 Å². The lowest BCUT2D eigenvalue weighted by atomic mass is 9.53. The number of aliphatic carboxylic acids is 1. The summed E-state index contributed by atoms with van der Waals surface area (Å²) in [6.45, 7) is 0.493. The Hall–Kier alpha value is -1.83. The molecule has 5 aliphatic carbocycles. The maximum Gasteiger partial charge on any atom is 0.326 e. The van der Waals surface area contributed by atoms with Gasteiger partial charge in [0.15, 0.2) is 0 Å². The van der Waals surface area contributed by atoms with Crippen LogP contribution in [0.2, 0.25) is 0 Å². The van der Waals surface area contributed by atoms with E-state index in [4.69, 9.17) is 5.73 Å². The smallest absolute Gasteiger partial charge is 0.326 e. The predicted molar refractivity (Wildman–Crippen MR) is 130 cm³/mol. The molecule has 0 radical (unpaired) electrons. The lowest BCUT2D eigenvalue weighted by Gasteiger charge is -2.57. The number of carboxylic acid groups (broad SMARTS) is 1. The molecule has 6 N–H and O–H groups in total. The Labute approximate surface area is 203 Å². The van der Waals surface area contributed by atoms with Gasteiger partial charge in [-0.15, -0.1) is 0 Å². The maximum absolute atomic E-state index is 13.6. The van der Waals surface area contributed by atoms with Crippen LogP contribution in [0.1, 0.15) is 96.3 Å². The van der Waals surface area contributed by atoms with Gasteiger partial charge in [-0.2, -0.15) is 0 Å². The van der Waals surface area contributed by atoms with Crippen LogP contribution in [0.5, 0.6) is 0 Å². The summed E-state index contributed by atoms with van der Waals surface area (Å²) in [5.41, 5.74) is 5.40. The lowest BCUT2D eigenvalue weighted by Crippen LogP contribution is -2.63. The topological polar surface area (TPSA) is 134 Å². The molecule has 1 unspecified atom stereocenters. The Bertz CT molecular complexity index is 701. The summed E-state index contributed by atoms with van der Waals surface area (Å²) < 4.78 is 0. The molecule has 5 saturated carbocycles. The quantitative estimate of drug-likeness (QED) is 0.292. The van der Waals surface area contributed by atoms with Crippen LogP contribution in [0.15, 0.2) is 0 Å². The first kappa shape index (κ1) is 25.3. The van der Waals surface area contributed by atoms with Gasteiger partial charge in [0.25, 0.3) is 0 Å². The van der Waals surface area contributed by atoms with Crippen molar-refractivity contribution in [3.63, 3.8) is 0 Å². The zero-order valence-electron chi connectivity index (χ0n) is 20.5. The first-order valence-corrected chi connectivity index (χ1v) is 13.7. The second-order valence-electron chi connectivity index (χ2n) is 11.8. The molecule has 192 valence electrons. The molecule has 4 bridgehead atoms. The lowest BCUT2D eigenvalue weighted by molar-refractivity contribution is -0.139. The highest BCUT2D eigenvalue weighted by molar-refractivity contribution is 5.89. The molecule has 5 fully saturated rings. The third kappa shape index (κ3) is 6.43. The van der Waals surface area contributed by atoms with E-state index >= 15 is 0 Å². The molecule has 0 aromatic heterocycles. The van der Waals surface area contributed by atoms with Crippen molar-refractivity contribution in [2.45, 2.75) is 114 Å². The van der Waals surface area contributed by atoms with E-state index in [1.807, 2.05) is 0 Å². The van der Waals surface area contributed by atoms with Crippen molar-refractivity contribution in [1.82, 2.24) is 16.0 Å². The van der Waals surface area contributed by atoms with Crippen molar-refractivity contribution < 1.29 is 19.5 Å². The number of hydrogen-bond donors (Lipinski definition) is 5. The van der Waals surface area contributed by atoms with Gasteiger partial charge in [-0.05, 0) is 94.4 Å². The first-order valence-electron chi connectivity index (χ1n) is 13.7. The van der Waals surface area contributed by atoms with Crippen LogP contribution in [0.4, 0.5) is 4.79 Å². The molecule has 5 rings (SSSR count). The average Bonchev–Trinajstić information content (AvgIpc) is 2.77. The van der Waals surface area contributed by atoms with Crippen LogP contribution in [-0.4, -0.2) is 47.2 Å². The average molecular weight is 477 g/mol. The van der Waals surface area contributed by atoms with E-state index < -0.39 is 24.1 Å². The molecule has 0 heterocycles. The van der Waals surface area contributed by atoms with Gasteiger partial charge in [-0.3, -0.25) is 4.79 Å². The van der Waals surface area contributed by atoms with Gasteiger partial charge in [0.2, 0.25) is 5.91 Å². The number of hydrogen-bond acceptors (Lipinski definition) is 4. The van der Waals surface area contributed by atoms with Crippen molar-refractivity contribution in [3.8, 4) is 0 Å². The van der Waals surface area contributed by atoms with Gasteiger partial charge < -0.3 is 26.8 Å². The second-order valence-corrected chi connectivity index (χ2v) is 11.8. The van der Waals surface area contributed by atoms with Crippen LogP contribution >= 0.6 is 0 Å². The minimum absolute atomic E-state index is 0.0855. The Balaban J connectivity index is 1.39. The molecule has 0 saturated heterocycles. The van der Waals surface area contributed by atoms with E-state index in [0.717, 1.165) is 49.9 Å². The molecule has 0 aromatic carbocycles. The van der Waals surface area contributed by atoms with Gasteiger partial charge >= 0.3 is 12.0 Å². The Morgan fingerprint density at radius 3 is 2.03 bits per heavy atom. The molecule has 0 aliphatic heterocycles. The number of carboxylic acids is 1. The fraction of sp³-hybridized carbons (Fsp3) is 0.885. The van der Waals surface area contributed by atoms with Crippen molar-refractivity contribution in [1.29, 1.82) is 0 Å². The third-order valence-corrected chi connectivity index (χ3v) is 8.89. The van der Waals surface area contributed by atoms with E-state index in [2.05, 4.69) is 16.0 Å².